The molecular weight excluding hydrogens is 298 g/mol. The lowest BCUT2D eigenvalue weighted by atomic mass is 9.91. The maximum Gasteiger partial charge on any atom is 0.254 e. The molecule has 118 valence electrons. The van der Waals surface area contributed by atoms with Crippen LogP contribution in [-0.2, 0) is 0 Å². The van der Waals surface area contributed by atoms with Crippen molar-refractivity contribution in [2.75, 3.05) is 31.9 Å². The molecule has 1 unspecified atom stereocenters. The first-order chi connectivity index (χ1) is 10.7. The fraction of sp³-hybridized carbons (Fsp3) is 0.625. The molecule has 1 spiro atoms. The average molecular weight is 319 g/mol. The fourth-order valence-corrected chi connectivity index (χ4v) is 5.61. The smallest absolute Gasteiger partial charge is 0.254 e. The van der Waals surface area contributed by atoms with Crippen molar-refractivity contribution >= 4 is 17.7 Å². The van der Waals surface area contributed by atoms with Gasteiger partial charge in [0, 0.05) is 42.7 Å². The zero-order valence-corrected chi connectivity index (χ0v) is 13.4. The van der Waals surface area contributed by atoms with Gasteiger partial charge in [-0.15, -0.1) is 11.8 Å². The molecule has 3 aliphatic heterocycles. The molecule has 0 aromatic carbocycles. The van der Waals surface area contributed by atoms with Crippen LogP contribution in [0.3, 0.4) is 0 Å². The Morgan fingerprint density at radius 3 is 2.82 bits per heavy atom. The van der Waals surface area contributed by atoms with Crippen LogP contribution in [0.1, 0.15) is 29.6 Å². The Balaban J connectivity index is 1.37. The Hall–Kier alpha value is -1.27. The second kappa shape index (κ2) is 5.42. The number of hydrogen-bond donors (Lipinski definition) is 1. The molecule has 3 aliphatic rings. The molecule has 5 nitrogen and oxygen atoms in total. The molecule has 4 heterocycles. The van der Waals surface area contributed by atoms with E-state index < -0.39 is 0 Å². The van der Waals surface area contributed by atoms with E-state index in [0.717, 1.165) is 13.1 Å². The highest BCUT2D eigenvalue weighted by molar-refractivity contribution is 8.01. The second-order valence-electron chi connectivity index (χ2n) is 6.70. The van der Waals surface area contributed by atoms with Crippen molar-refractivity contribution in [2.24, 2.45) is 0 Å². The van der Waals surface area contributed by atoms with E-state index in [4.69, 9.17) is 0 Å². The van der Waals surface area contributed by atoms with Crippen molar-refractivity contribution in [2.45, 2.75) is 30.1 Å². The number of nitrogens with zero attached hydrogens (tertiary/aromatic N) is 2. The molecule has 3 saturated heterocycles. The maximum absolute atomic E-state index is 12.4. The predicted octanol–water partition coefficient (Wildman–Crippen LogP) is 1.17. The van der Waals surface area contributed by atoms with Crippen molar-refractivity contribution in [3.8, 4) is 0 Å². The third kappa shape index (κ3) is 2.48. The standard InChI is InChI=1S/C16H21N3O2S/c20-14-7-12(3-4-17-14)15(21)19-10-16(11-19)8-13(9-22-16)18-5-1-2-6-18/h3-4,7,13H,1-2,5-6,8-11H2,(H,17,20). The number of carbonyl (C=O) groups is 1. The summed E-state index contributed by atoms with van der Waals surface area (Å²) in [5.74, 6) is 1.19. The summed E-state index contributed by atoms with van der Waals surface area (Å²) >= 11 is 2.04. The summed E-state index contributed by atoms with van der Waals surface area (Å²) in [4.78, 5) is 30.8. The van der Waals surface area contributed by atoms with Crippen LogP contribution < -0.4 is 5.56 Å². The minimum atomic E-state index is -0.217. The molecular formula is C16H21N3O2S. The van der Waals surface area contributed by atoms with Gasteiger partial charge in [-0.05, 0) is 38.4 Å². The maximum atomic E-state index is 12.4. The highest BCUT2D eigenvalue weighted by Crippen LogP contribution is 2.47. The van der Waals surface area contributed by atoms with Gasteiger partial charge in [0.05, 0.1) is 4.75 Å². The van der Waals surface area contributed by atoms with E-state index in [-0.39, 0.29) is 16.2 Å². The summed E-state index contributed by atoms with van der Waals surface area (Å²) in [6.45, 7) is 4.15. The highest BCUT2D eigenvalue weighted by Gasteiger charge is 2.51. The normalized spacial score (nSPS) is 27.3. The summed E-state index contributed by atoms with van der Waals surface area (Å²) in [6, 6.07) is 3.77. The van der Waals surface area contributed by atoms with Crippen molar-refractivity contribution in [3.05, 3.63) is 34.2 Å². The SMILES string of the molecule is O=C(c1cc[nH]c(=O)c1)N1CC2(CC(N3CCCC3)CS2)C1. The van der Waals surface area contributed by atoms with Crippen molar-refractivity contribution in [1.82, 2.24) is 14.8 Å². The number of nitrogens with one attached hydrogen (secondary N) is 1. The van der Waals surface area contributed by atoms with Gasteiger partial charge in [-0.2, -0.15) is 0 Å². The molecule has 1 aromatic rings. The summed E-state index contributed by atoms with van der Waals surface area (Å²) in [6.07, 6.45) is 5.42. The van der Waals surface area contributed by atoms with Crippen molar-refractivity contribution < 1.29 is 4.79 Å². The average Bonchev–Trinajstić information content (AvgIpc) is 3.14. The summed E-state index contributed by atoms with van der Waals surface area (Å²) in [7, 11) is 0. The Morgan fingerprint density at radius 1 is 1.32 bits per heavy atom. The van der Waals surface area contributed by atoms with E-state index in [9.17, 15) is 9.59 Å². The van der Waals surface area contributed by atoms with Crippen LogP contribution in [0.2, 0.25) is 0 Å². The van der Waals surface area contributed by atoms with E-state index in [1.54, 1.807) is 12.3 Å². The van der Waals surface area contributed by atoms with Gasteiger partial charge in [0.15, 0.2) is 0 Å². The van der Waals surface area contributed by atoms with Crippen LogP contribution in [0.4, 0.5) is 0 Å². The zero-order valence-electron chi connectivity index (χ0n) is 12.6. The van der Waals surface area contributed by atoms with E-state index >= 15 is 0 Å². The number of H-pyrrole nitrogens is 1. The van der Waals surface area contributed by atoms with Crippen LogP contribution in [0.5, 0.6) is 0 Å². The van der Waals surface area contributed by atoms with Crippen LogP contribution in [0, 0.1) is 0 Å². The number of thioether (sulfide) groups is 1. The fourth-order valence-electron chi connectivity index (χ4n) is 3.94. The lowest BCUT2D eigenvalue weighted by molar-refractivity contribution is 0.0532. The van der Waals surface area contributed by atoms with Crippen LogP contribution in [-0.4, -0.2) is 63.4 Å². The number of pyridine rings is 1. The molecule has 1 atom stereocenters. The Labute approximate surface area is 134 Å². The summed E-state index contributed by atoms with van der Waals surface area (Å²) in [5.41, 5.74) is 0.281. The number of amides is 1. The van der Waals surface area contributed by atoms with Crippen molar-refractivity contribution in [1.29, 1.82) is 0 Å². The molecule has 0 bridgehead atoms. The van der Waals surface area contributed by atoms with Gasteiger partial charge in [0.1, 0.15) is 0 Å². The molecule has 1 N–H and O–H groups in total. The summed E-state index contributed by atoms with van der Waals surface area (Å²) < 4.78 is 0.268. The van der Waals surface area contributed by atoms with Gasteiger partial charge in [-0.25, -0.2) is 0 Å². The van der Waals surface area contributed by atoms with Crippen LogP contribution in [0.25, 0.3) is 0 Å². The third-order valence-electron chi connectivity index (χ3n) is 5.11. The molecule has 1 amide bonds. The van der Waals surface area contributed by atoms with E-state index in [1.165, 1.54) is 44.2 Å². The number of carbonyl (C=O) groups excluding carboxylic acids is 1. The molecule has 0 aliphatic carbocycles. The largest absolute Gasteiger partial charge is 0.336 e. The Kier molecular flexibility index (Phi) is 3.53. The first-order valence-electron chi connectivity index (χ1n) is 8.01. The second-order valence-corrected chi connectivity index (χ2v) is 8.19. The predicted molar refractivity (Wildman–Crippen MR) is 87.4 cm³/mol. The van der Waals surface area contributed by atoms with Crippen LogP contribution in [0.15, 0.2) is 23.1 Å². The van der Waals surface area contributed by atoms with E-state index in [1.807, 2.05) is 16.7 Å². The number of aromatic nitrogens is 1. The molecule has 22 heavy (non-hydrogen) atoms. The van der Waals surface area contributed by atoms with Crippen molar-refractivity contribution in [3.63, 3.8) is 0 Å². The lowest BCUT2D eigenvalue weighted by Gasteiger charge is -2.47. The molecule has 1 aromatic heterocycles. The molecule has 0 saturated carbocycles. The van der Waals surface area contributed by atoms with Crippen LogP contribution >= 0.6 is 11.8 Å². The summed E-state index contributed by atoms with van der Waals surface area (Å²) in [5, 5.41) is 0. The monoisotopic (exact) mass is 319 g/mol. The van der Waals surface area contributed by atoms with Gasteiger partial charge in [-0.1, -0.05) is 0 Å². The zero-order chi connectivity index (χ0) is 15.2. The topological polar surface area (TPSA) is 56.4 Å². The van der Waals surface area contributed by atoms with E-state index in [2.05, 4.69) is 9.88 Å². The number of hydrogen-bond acceptors (Lipinski definition) is 4. The van der Waals surface area contributed by atoms with E-state index in [0.29, 0.717) is 11.6 Å². The molecule has 3 fully saturated rings. The first kappa shape index (κ1) is 14.3. The minimum absolute atomic E-state index is 0.0121. The Morgan fingerprint density at radius 2 is 2.09 bits per heavy atom. The Bertz CT molecular complexity index is 632. The minimum Gasteiger partial charge on any atom is -0.336 e. The first-order valence-corrected chi connectivity index (χ1v) is 9.00. The van der Waals surface area contributed by atoms with Gasteiger partial charge in [0.25, 0.3) is 5.91 Å². The number of likely N-dealkylation sites (tertiary alicyclic amines) is 2. The van der Waals surface area contributed by atoms with Gasteiger partial charge in [0.2, 0.25) is 5.56 Å². The lowest BCUT2D eigenvalue weighted by Crippen LogP contribution is -2.61. The van der Waals surface area contributed by atoms with Gasteiger partial charge < -0.3 is 9.88 Å². The molecule has 6 heteroatoms. The number of rotatable bonds is 2. The van der Waals surface area contributed by atoms with Gasteiger partial charge >= 0.3 is 0 Å². The highest BCUT2D eigenvalue weighted by atomic mass is 32.2. The number of aromatic amines is 1. The quantitative estimate of drug-likeness (QED) is 0.889. The molecule has 0 radical (unpaired) electrons. The van der Waals surface area contributed by atoms with Gasteiger partial charge in [-0.3, -0.25) is 14.5 Å². The molecule has 4 rings (SSSR count). The third-order valence-corrected chi connectivity index (χ3v) is 6.70.